The average molecular weight is 314 g/mol. The van der Waals surface area contributed by atoms with Crippen molar-refractivity contribution in [3.8, 4) is 0 Å². The maximum absolute atomic E-state index is 12.4. The highest BCUT2D eigenvalue weighted by Gasteiger charge is 2.20. The second-order valence-corrected chi connectivity index (χ2v) is 6.76. The molecule has 0 bridgehead atoms. The van der Waals surface area contributed by atoms with Crippen molar-refractivity contribution in [2.24, 2.45) is 0 Å². The zero-order valence-corrected chi connectivity index (χ0v) is 13.9. The van der Waals surface area contributed by atoms with E-state index in [-0.39, 0.29) is 5.75 Å². The maximum atomic E-state index is 12.4. The molecule has 0 unspecified atom stereocenters. The third-order valence-corrected chi connectivity index (χ3v) is 5.08. The first kappa shape index (κ1) is 18.1. The summed E-state index contributed by atoms with van der Waals surface area (Å²) >= 11 is 0. The molecule has 0 aliphatic carbocycles. The molecule has 0 heterocycles. The van der Waals surface area contributed by atoms with E-state index < -0.39 is 10.0 Å². The summed E-state index contributed by atoms with van der Waals surface area (Å²) in [5, 5.41) is 3.07. The van der Waals surface area contributed by atoms with Gasteiger partial charge in [0.1, 0.15) is 0 Å². The van der Waals surface area contributed by atoms with Crippen molar-refractivity contribution in [3.63, 3.8) is 0 Å². The van der Waals surface area contributed by atoms with Gasteiger partial charge >= 0.3 is 0 Å². The molecule has 1 rings (SSSR count). The highest BCUT2D eigenvalue weighted by atomic mass is 32.2. The summed E-state index contributed by atoms with van der Waals surface area (Å²) < 4.78 is 31.6. The van der Waals surface area contributed by atoms with E-state index in [9.17, 15) is 8.42 Å². The van der Waals surface area contributed by atoms with Crippen LogP contribution in [0.1, 0.15) is 25.0 Å². The van der Waals surface area contributed by atoms with Crippen LogP contribution in [0.2, 0.25) is 0 Å². The molecule has 0 aliphatic rings. The minimum atomic E-state index is -3.30. The Balaban J connectivity index is 2.75. The fraction of sp³-hybridized carbons (Fsp3) is 0.600. The predicted octanol–water partition coefficient (Wildman–Crippen LogP) is 1.59. The van der Waals surface area contributed by atoms with E-state index in [0.717, 1.165) is 17.7 Å². The van der Waals surface area contributed by atoms with Gasteiger partial charge in [-0.2, -0.15) is 4.31 Å². The summed E-state index contributed by atoms with van der Waals surface area (Å²) in [5.74, 6) is 0.0323. The quantitative estimate of drug-likeness (QED) is 0.666. The molecule has 0 spiro atoms. The third kappa shape index (κ3) is 6.13. The van der Waals surface area contributed by atoms with Gasteiger partial charge in [0, 0.05) is 26.2 Å². The number of ether oxygens (including phenoxy) is 1. The van der Waals surface area contributed by atoms with Crippen LogP contribution in [0.25, 0.3) is 0 Å². The van der Waals surface area contributed by atoms with E-state index in [1.54, 1.807) is 0 Å². The molecule has 1 aromatic rings. The number of rotatable bonds is 10. The monoisotopic (exact) mass is 314 g/mol. The Kier molecular flexibility index (Phi) is 7.88. The van der Waals surface area contributed by atoms with Crippen molar-refractivity contribution in [1.29, 1.82) is 0 Å². The van der Waals surface area contributed by atoms with Crippen LogP contribution in [0.4, 0.5) is 0 Å². The molecule has 0 radical (unpaired) electrons. The van der Waals surface area contributed by atoms with Gasteiger partial charge in [-0.05, 0) is 25.1 Å². The first-order valence-corrected chi connectivity index (χ1v) is 8.92. The summed E-state index contributed by atoms with van der Waals surface area (Å²) in [6, 6.07) is 7.67. The zero-order valence-electron chi connectivity index (χ0n) is 13.1. The summed E-state index contributed by atoms with van der Waals surface area (Å²) in [6.45, 7) is 6.39. The highest BCUT2D eigenvalue weighted by molar-refractivity contribution is 7.88. The Hall–Kier alpha value is -0.950. The standard InChI is InChI=1S/C15H26N2O3S/c1-4-17(9-10-20-5-2)21(18,19)13-15-8-6-7-14(11-15)12-16-3/h6-8,11,16H,4-5,9-10,12-13H2,1-3H3. The van der Waals surface area contributed by atoms with Crippen molar-refractivity contribution in [3.05, 3.63) is 35.4 Å². The molecule has 5 nitrogen and oxygen atoms in total. The van der Waals surface area contributed by atoms with Crippen LogP contribution >= 0.6 is 0 Å². The molecule has 21 heavy (non-hydrogen) atoms. The molecular weight excluding hydrogens is 288 g/mol. The van der Waals surface area contributed by atoms with Gasteiger partial charge in [-0.25, -0.2) is 8.42 Å². The van der Waals surface area contributed by atoms with Gasteiger partial charge in [-0.15, -0.1) is 0 Å². The molecule has 0 saturated heterocycles. The molecule has 1 N–H and O–H groups in total. The van der Waals surface area contributed by atoms with Gasteiger partial charge in [-0.3, -0.25) is 0 Å². The largest absolute Gasteiger partial charge is 0.380 e. The Morgan fingerprint density at radius 1 is 1.24 bits per heavy atom. The van der Waals surface area contributed by atoms with E-state index >= 15 is 0 Å². The van der Waals surface area contributed by atoms with Crippen molar-refractivity contribution < 1.29 is 13.2 Å². The van der Waals surface area contributed by atoms with Gasteiger partial charge in [-0.1, -0.05) is 31.2 Å². The minimum Gasteiger partial charge on any atom is -0.380 e. The molecule has 0 atom stereocenters. The van der Waals surface area contributed by atoms with Crippen molar-refractivity contribution in [2.75, 3.05) is 33.4 Å². The fourth-order valence-electron chi connectivity index (χ4n) is 2.14. The predicted molar refractivity (Wildman–Crippen MR) is 85.6 cm³/mol. The number of hydrogen-bond donors (Lipinski definition) is 1. The Morgan fingerprint density at radius 3 is 2.57 bits per heavy atom. The summed E-state index contributed by atoms with van der Waals surface area (Å²) in [4.78, 5) is 0. The first-order chi connectivity index (χ1) is 10.0. The molecule has 0 fully saturated rings. The van der Waals surface area contributed by atoms with Crippen LogP contribution in [-0.4, -0.2) is 46.1 Å². The lowest BCUT2D eigenvalue weighted by atomic mass is 10.1. The lowest BCUT2D eigenvalue weighted by Gasteiger charge is -2.20. The van der Waals surface area contributed by atoms with E-state index in [2.05, 4.69) is 5.32 Å². The topological polar surface area (TPSA) is 58.6 Å². The second kappa shape index (κ2) is 9.15. The van der Waals surface area contributed by atoms with Crippen molar-refractivity contribution in [1.82, 2.24) is 9.62 Å². The molecule has 0 saturated carbocycles. The molecule has 0 aliphatic heterocycles. The molecular formula is C15H26N2O3S. The Morgan fingerprint density at radius 2 is 1.95 bits per heavy atom. The molecule has 120 valence electrons. The van der Waals surface area contributed by atoms with Crippen LogP contribution in [0.5, 0.6) is 0 Å². The number of hydrogen-bond acceptors (Lipinski definition) is 4. The zero-order chi connectivity index (χ0) is 15.7. The van der Waals surface area contributed by atoms with Gasteiger partial charge in [0.25, 0.3) is 0 Å². The lowest BCUT2D eigenvalue weighted by Crippen LogP contribution is -2.34. The first-order valence-electron chi connectivity index (χ1n) is 7.31. The smallest absolute Gasteiger partial charge is 0.218 e. The fourth-order valence-corrected chi connectivity index (χ4v) is 3.67. The minimum absolute atomic E-state index is 0.0323. The van der Waals surface area contributed by atoms with Gasteiger partial charge in [0.05, 0.1) is 12.4 Å². The number of nitrogens with one attached hydrogen (secondary N) is 1. The van der Waals surface area contributed by atoms with Gasteiger partial charge in [0.15, 0.2) is 0 Å². The van der Waals surface area contributed by atoms with Crippen LogP contribution in [-0.2, 0) is 27.1 Å². The molecule has 1 aromatic carbocycles. The number of sulfonamides is 1. The van der Waals surface area contributed by atoms with Gasteiger partial charge in [0.2, 0.25) is 10.0 Å². The molecule has 0 aromatic heterocycles. The second-order valence-electron chi connectivity index (χ2n) is 4.80. The van der Waals surface area contributed by atoms with E-state index in [4.69, 9.17) is 4.74 Å². The average Bonchev–Trinajstić information content (AvgIpc) is 2.43. The van der Waals surface area contributed by atoms with E-state index in [1.807, 2.05) is 45.2 Å². The normalized spacial score (nSPS) is 12.0. The van der Waals surface area contributed by atoms with Crippen LogP contribution in [0, 0.1) is 0 Å². The summed E-state index contributed by atoms with van der Waals surface area (Å²) in [5.41, 5.74) is 1.90. The Labute approximate surface area is 128 Å². The maximum Gasteiger partial charge on any atom is 0.218 e. The van der Waals surface area contributed by atoms with E-state index in [0.29, 0.717) is 26.3 Å². The summed E-state index contributed by atoms with van der Waals surface area (Å²) in [7, 11) is -1.43. The van der Waals surface area contributed by atoms with Crippen molar-refractivity contribution >= 4 is 10.0 Å². The van der Waals surface area contributed by atoms with E-state index in [1.165, 1.54) is 4.31 Å². The SMILES string of the molecule is CCOCCN(CC)S(=O)(=O)Cc1cccc(CNC)c1. The van der Waals surface area contributed by atoms with Crippen LogP contribution in [0.3, 0.4) is 0 Å². The third-order valence-electron chi connectivity index (χ3n) is 3.16. The highest BCUT2D eigenvalue weighted by Crippen LogP contribution is 2.13. The summed E-state index contributed by atoms with van der Waals surface area (Å²) in [6.07, 6.45) is 0. The number of nitrogens with zero attached hydrogens (tertiary/aromatic N) is 1. The van der Waals surface area contributed by atoms with Crippen LogP contribution < -0.4 is 5.32 Å². The molecule has 6 heteroatoms. The number of likely N-dealkylation sites (N-methyl/N-ethyl adjacent to an activating group) is 1. The van der Waals surface area contributed by atoms with Crippen LogP contribution in [0.15, 0.2) is 24.3 Å². The lowest BCUT2D eigenvalue weighted by molar-refractivity contribution is 0.135. The van der Waals surface area contributed by atoms with Crippen molar-refractivity contribution in [2.45, 2.75) is 26.1 Å². The molecule has 0 amide bonds. The number of benzene rings is 1. The van der Waals surface area contributed by atoms with Gasteiger partial charge < -0.3 is 10.1 Å². The Bertz CT molecular complexity index is 517.